The van der Waals surface area contributed by atoms with Crippen molar-refractivity contribution in [2.75, 3.05) is 11.4 Å². The highest BCUT2D eigenvalue weighted by Crippen LogP contribution is 2.46. The van der Waals surface area contributed by atoms with Crippen LogP contribution in [0.4, 0.5) is 23.7 Å². The average molecular weight is 422 g/mol. The van der Waals surface area contributed by atoms with Gasteiger partial charge < -0.3 is 9.64 Å². The van der Waals surface area contributed by atoms with Gasteiger partial charge in [-0.3, -0.25) is 9.69 Å². The second-order valence-corrected chi connectivity index (χ2v) is 9.17. The molecule has 0 aliphatic carbocycles. The van der Waals surface area contributed by atoms with Crippen LogP contribution < -0.4 is 4.90 Å². The lowest BCUT2D eigenvalue weighted by atomic mass is 9.90. The first-order valence-corrected chi connectivity index (χ1v) is 10.2. The van der Waals surface area contributed by atoms with Gasteiger partial charge >= 0.3 is 18.2 Å². The third-order valence-electron chi connectivity index (χ3n) is 5.94. The molecule has 5 nitrogen and oxygen atoms in total. The molecule has 2 amide bonds. The van der Waals surface area contributed by atoms with Gasteiger partial charge in [0.2, 0.25) is 0 Å². The fraction of sp³-hybridized carbons (Fsp3) is 0.545. The first-order chi connectivity index (χ1) is 14.0. The van der Waals surface area contributed by atoms with Gasteiger partial charge in [0.05, 0.1) is 12.2 Å². The van der Waals surface area contributed by atoms with Crippen LogP contribution >= 0.6 is 0 Å². The number of alkyl halides is 3. The van der Waals surface area contributed by atoms with E-state index in [1.54, 1.807) is 29.2 Å². The number of amides is 2. The quantitative estimate of drug-likeness (QED) is 0.597. The maximum absolute atomic E-state index is 13.1. The summed E-state index contributed by atoms with van der Waals surface area (Å²) in [6.45, 7) is 5.39. The molecule has 2 atom stereocenters. The molecule has 3 aliphatic heterocycles. The van der Waals surface area contributed by atoms with Gasteiger partial charge in [0.25, 0.3) is 0 Å². The molecule has 30 heavy (non-hydrogen) atoms. The van der Waals surface area contributed by atoms with Crippen LogP contribution in [0, 0.1) is 0 Å². The zero-order valence-corrected chi connectivity index (χ0v) is 17.3. The molecule has 2 saturated heterocycles. The molecule has 8 heteroatoms. The minimum Gasteiger partial charge on any atom is -0.444 e. The fourth-order valence-electron chi connectivity index (χ4n) is 4.80. The topological polar surface area (TPSA) is 49.9 Å². The Morgan fingerprint density at radius 3 is 2.20 bits per heavy atom. The van der Waals surface area contributed by atoms with Crippen LogP contribution in [0.1, 0.15) is 52.0 Å². The Bertz CT molecular complexity index is 901. The molecule has 0 spiro atoms. The highest BCUT2D eigenvalue weighted by atomic mass is 19.4. The number of piperidine rings is 1. The summed E-state index contributed by atoms with van der Waals surface area (Å²) < 4.78 is 44.9. The number of halogens is 3. The Kier molecular flexibility index (Phi) is 4.86. The van der Waals surface area contributed by atoms with Crippen LogP contribution in [0.5, 0.6) is 0 Å². The molecule has 0 radical (unpaired) electrons. The summed E-state index contributed by atoms with van der Waals surface area (Å²) in [6.07, 6.45) is -2.39. The number of para-hydroxylation sites is 1. The van der Waals surface area contributed by atoms with Crippen molar-refractivity contribution < 1.29 is 27.5 Å². The first kappa shape index (κ1) is 20.8. The van der Waals surface area contributed by atoms with E-state index in [2.05, 4.69) is 0 Å². The minimum absolute atomic E-state index is 0.0272. The van der Waals surface area contributed by atoms with Crippen LogP contribution in [0.3, 0.4) is 0 Å². The Hall–Kier alpha value is -2.51. The van der Waals surface area contributed by atoms with Crippen molar-refractivity contribution in [1.29, 1.82) is 0 Å². The number of nitrogens with zero attached hydrogens (tertiary/aromatic N) is 2. The van der Waals surface area contributed by atoms with E-state index in [1.807, 2.05) is 20.8 Å². The number of carbonyl (C=O) groups excluding carboxylic acids is 2. The van der Waals surface area contributed by atoms with Gasteiger partial charge in [-0.2, -0.15) is 13.2 Å². The van der Waals surface area contributed by atoms with Crippen LogP contribution in [-0.4, -0.2) is 47.3 Å². The molecule has 0 aromatic heterocycles. The molecule has 0 N–H and O–H groups in total. The number of rotatable bonds is 0. The van der Waals surface area contributed by atoms with Gasteiger partial charge in [0, 0.05) is 17.6 Å². The Morgan fingerprint density at radius 2 is 1.63 bits per heavy atom. The monoisotopic (exact) mass is 422 g/mol. The molecule has 4 rings (SSSR count). The highest BCUT2D eigenvalue weighted by molar-refractivity contribution is 6.05. The van der Waals surface area contributed by atoms with Crippen molar-refractivity contribution in [2.24, 2.45) is 0 Å². The molecular formula is C22H25F3N2O3. The second kappa shape index (κ2) is 7.03. The summed E-state index contributed by atoms with van der Waals surface area (Å²) >= 11 is 0. The normalized spacial score (nSPS) is 26.1. The predicted octanol–water partition coefficient (Wildman–Crippen LogP) is 4.91. The fourth-order valence-corrected chi connectivity index (χ4v) is 4.80. The van der Waals surface area contributed by atoms with Crippen molar-refractivity contribution in [3.8, 4) is 0 Å². The smallest absolute Gasteiger partial charge is 0.444 e. The zero-order valence-electron chi connectivity index (χ0n) is 17.3. The van der Waals surface area contributed by atoms with Gasteiger partial charge in [-0.25, -0.2) is 4.79 Å². The van der Waals surface area contributed by atoms with Gasteiger partial charge in [-0.1, -0.05) is 23.8 Å². The van der Waals surface area contributed by atoms with E-state index < -0.39 is 17.7 Å². The first-order valence-electron chi connectivity index (χ1n) is 10.2. The van der Waals surface area contributed by atoms with Crippen molar-refractivity contribution in [2.45, 2.75) is 70.3 Å². The molecule has 1 aromatic carbocycles. The van der Waals surface area contributed by atoms with Crippen molar-refractivity contribution >= 4 is 23.3 Å². The van der Waals surface area contributed by atoms with E-state index in [0.717, 1.165) is 28.9 Å². The summed E-state index contributed by atoms with van der Waals surface area (Å²) in [5, 5.41) is 0. The third kappa shape index (κ3) is 3.68. The summed E-state index contributed by atoms with van der Waals surface area (Å²) in [4.78, 5) is 27.3. The van der Waals surface area contributed by atoms with E-state index in [9.17, 15) is 22.8 Å². The lowest BCUT2D eigenvalue weighted by molar-refractivity contribution is -0.170. The van der Waals surface area contributed by atoms with E-state index in [0.29, 0.717) is 24.1 Å². The summed E-state index contributed by atoms with van der Waals surface area (Å²) in [7, 11) is 0. The van der Waals surface area contributed by atoms with Crippen LogP contribution in [0.15, 0.2) is 29.8 Å². The number of anilines is 1. The standard InChI is InChI=1S/C22H25F3N2O3/c1-21(2,3)30-20(29)27-14-8-9-15(27)11-13(10-14)17-12-26(19(28)22(23,24)25)18-7-5-4-6-16(17)18/h4-7,14-15H,8-12H2,1-3H3/t14-,15+. The van der Waals surface area contributed by atoms with E-state index in [1.165, 1.54) is 0 Å². The zero-order chi connectivity index (χ0) is 21.8. The number of carbonyl (C=O) groups is 2. The lowest BCUT2D eigenvalue weighted by Gasteiger charge is -2.37. The largest absolute Gasteiger partial charge is 0.471 e. The summed E-state index contributed by atoms with van der Waals surface area (Å²) in [5.41, 5.74) is 2.20. The van der Waals surface area contributed by atoms with Gasteiger partial charge in [0.15, 0.2) is 0 Å². The molecular weight excluding hydrogens is 397 g/mol. The Balaban J connectivity index is 1.63. The van der Waals surface area contributed by atoms with Crippen molar-refractivity contribution in [3.05, 3.63) is 35.4 Å². The molecule has 1 aromatic rings. The molecule has 2 fully saturated rings. The number of fused-ring (bicyclic) bond motifs is 3. The maximum Gasteiger partial charge on any atom is 0.471 e. The maximum atomic E-state index is 13.1. The predicted molar refractivity (Wildman–Crippen MR) is 106 cm³/mol. The number of hydrogen-bond donors (Lipinski definition) is 0. The molecule has 0 saturated carbocycles. The molecule has 3 aliphatic rings. The van der Waals surface area contributed by atoms with Crippen LogP contribution in [-0.2, 0) is 9.53 Å². The van der Waals surface area contributed by atoms with E-state index in [4.69, 9.17) is 4.74 Å². The SMILES string of the molecule is CC(C)(C)OC(=O)N1[C@@H]2CC[C@H]1CC(=C1CN(C(=O)C(F)(F)F)c3ccccc31)C2. The average Bonchev–Trinajstić information content (AvgIpc) is 3.14. The van der Waals surface area contributed by atoms with Gasteiger partial charge in [-0.05, 0) is 58.1 Å². The van der Waals surface area contributed by atoms with Gasteiger partial charge in [-0.15, -0.1) is 0 Å². The van der Waals surface area contributed by atoms with Crippen LogP contribution in [0.2, 0.25) is 0 Å². The minimum atomic E-state index is -4.92. The third-order valence-corrected chi connectivity index (χ3v) is 5.94. The highest BCUT2D eigenvalue weighted by Gasteiger charge is 2.48. The number of hydrogen-bond acceptors (Lipinski definition) is 3. The summed E-state index contributed by atoms with van der Waals surface area (Å²) in [5.74, 6) is -1.85. The van der Waals surface area contributed by atoms with Crippen molar-refractivity contribution in [3.63, 3.8) is 0 Å². The lowest BCUT2D eigenvalue weighted by Crippen LogP contribution is -2.47. The molecule has 162 valence electrons. The molecule has 3 heterocycles. The second-order valence-electron chi connectivity index (χ2n) is 9.17. The Morgan fingerprint density at radius 1 is 1.03 bits per heavy atom. The van der Waals surface area contributed by atoms with Crippen LogP contribution in [0.25, 0.3) is 5.57 Å². The van der Waals surface area contributed by atoms with E-state index in [-0.39, 0.29) is 24.7 Å². The Labute approximate surface area is 173 Å². The van der Waals surface area contributed by atoms with E-state index >= 15 is 0 Å². The molecule has 0 unspecified atom stereocenters. The number of ether oxygens (including phenoxy) is 1. The number of benzene rings is 1. The van der Waals surface area contributed by atoms with Gasteiger partial charge in [0.1, 0.15) is 5.60 Å². The molecule has 2 bridgehead atoms. The summed E-state index contributed by atoms with van der Waals surface area (Å²) in [6, 6.07) is 6.67. The van der Waals surface area contributed by atoms with Crippen molar-refractivity contribution in [1.82, 2.24) is 4.90 Å².